The number of rotatable bonds is 1. The van der Waals surface area contributed by atoms with Crippen LogP contribution in [0, 0.1) is 5.92 Å². The maximum atomic E-state index is 11.8. The summed E-state index contributed by atoms with van der Waals surface area (Å²) in [5.41, 5.74) is 9.88. The number of hydrogen-bond donors (Lipinski definition) is 2. The standard InChI is InChI=1S/C18H16Cl2N2O/c19-10-2-3-11-13(8-10)17(9-1-5-15(21)14(20)7-9)12-4-6-16(23)22-18(11)12/h1-3,5,7-8,12,17-18H,4,6,21H2,(H,22,23). The molecule has 2 aromatic carbocycles. The number of carbonyl (C=O) groups excluding carboxylic acids is 1. The number of anilines is 1. The van der Waals surface area contributed by atoms with Gasteiger partial charge in [0, 0.05) is 17.4 Å². The van der Waals surface area contributed by atoms with E-state index >= 15 is 0 Å². The van der Waals surface area contributed by atoms with Gasteiger partial charge in [0.1, 0.15) is 0 Å². The highest BCUT2D eigenvalue weighted by Gasteiger charge is 2.44. The van der Waals surface area contributed by atoms with Crippen LogP contribution in [0.1, 0.15) is 41.5 Å². The van der Waals surface area contributed by atoms with Crippen LogP contribution in [0.4, 0.5) is 5.69 Å². The summed E-state index contributed by atoms with van der Waals surface area (Å²) in [7, 11) is 0. The van der Waals surface area contributed by atoms with Crippen LogP contribution in [0.25, 0.3) is 0 Å². The van der Waals surface area contributed by atoms with Crippen LogP contribution in [0.15, 0.2) is 36.4 Å². The monoisotopic (exact) mass is 346 g/mol. The highest BCUT2D eigenvalue weighted by molar-refractivity contribution is 6.33. The molecular weight excluding hydrogens is 331 g/mol. The zero-order valence-electron chi connectivity index (χ0n) is 12.4. The number of nitrogens with two attached hydrogens (primary N) is 1. The summed E-state index contributed by atoms with van der Waals surface area (Å²) in [5.74, 6) is 0.608. The van der Waals surface area contributed by atoms with Gasteiger partial charge in [0.15, 0.2) is 0 Å². The Balaban J connectivity index is 1.86. The molecule has 1 saturated heterocycles. The first-order chi connectivity index (χ1) is 11.0. The normalized spacial score (nSPS) is 25.7. The molecule has 1 fully saturated rings. The number of hydrogen-bond acceptors (Lipinski definition) is 2. The fourth-order valence-electron chi connectivity index (χ4n) is 3.98. The second-order valence-electron chi connectivity index (χ2n) is 6.28. The highest BCUT2D eigenvalue weighted by Crippen LogP contribution is 2.52. The van der Waals surface area contributed by atoms with Gasteiger partial charge >= 0.3 is 0 Å². The van der Waals surface area contributed by atoms with E-state index in [1.165, 1.54) is 5.56 Å². The number of fused-ring (bicyclic) bond motifs is 3. The molecule has 3 nitrogen and oxygen atoms in total. The topological polar surface area (TPSA) is 55.1 Å². The van der Waals surface area contributed by atoms with Gasteiger partial charge in [-0.2, -0.15) is 0 Å². The summed E-state index contributed by atoms with van der Waals surface area (Å²) in [6.45, 7) is 0. The van der Waals surface area contributed by atoms with E-state index in [0.717, 1.165) is 17.5 Å². The maximum Gasteiger partial charge on any atom is 0.220 e. The van der Waals surface area contributed by atoms with Gasteiger partial charge in [-0.15, -0.1) is 0 Å². The zero-order chi connectivity index (χ0) is 16.1. The number of amides is 1. The Morgan fingerprint density at radius 2 is 1.91 bits per heavy atom. The first-order valence-corrected chi connectivity index (χ1v) is 8.44. The highest BCUT2D eigenvalue weighted by atomic mass is 35.5. The molecule has 0 aromatic heterocycles. The number of piperidine rings is 1. The molecule has 1 amide bonds. The fraction of sp³-hybridized carbons (Fsp3) is 0.278. The van der Waals surface area contributed by atoms with Crippen LogP contribution in [0.5, 0.6) is 0 Å². The minimum absolute atomic E-state index is 0.0462. The molecule has 0 spiro atoms. The molecule has 0 bridgehead atoms. The average molecular weight is 347 g/mol. The molecule has 0 saturated carbocycles. The lowest BCUT2D eigenvalue weighted by molar-refractivity contribution is -0.124. The second kappa shape index (κ2) is 5.43. The molecule has 1 aliphatic carbocycles. The molecule has 3 unspecified atom stereocenters. The van der Waals surface area contributed by atoms with E-state index in [4.69, 9.17) is 28.9 Å². The van der Waals surface area contributed by atoms with E-state index in [-0.39, 0.29) is 17.9 Å². The molecule has 0 radical (unpaired) electrons. The third-order valence-corrected chi connectivity index (χ3v) is 5.54. The van der Waals surface area contributed by atoms with Crippen LogP contribution in [-0.4, -0.2) is 5.91 Å². The molecule has 5 heteroatoms. The predicted octanol–water partition coefficient (Wildman–Crippen LogP) is 4.29. The van der Waals surface area contributed by atoms with E-state index in [2.05, 4.69) is 5.32 Å². The average Bonchev–Trinajstić information content (AvgIpc) is 2.83. The zero-order valence-corrected chi connectivity index (χ0v) is 13.9. The van der Waals surface area contributed by atoms with Crippen molar-refractivity contribution < 1.29 is 4.79 Å². The summed E-state index contributed by atoms with van der Waals surface area (Å²) in [6.07, 6.45) is 1.41. The number of carbonyl (C=O) groups is 1. The van der Waals surface area contributed by atoms with Gasteiger partial charge in [0.25, 0.3) is 0 Å². The SMILES string of the molecule is Nc1ccc(C2c3cc(Cl)ccc3C3NC(=O)CCC32)cc1Cl. The Kier molecular flexibility index (Phi) is 3.51. The Morgan fingerprint density at radius 3 is 2.70 bits per heavy atom. The van der Waals surface area contributed by atoms with Gasteiger partial charge in [-0.3, -0.25) is 4.79 Å². The van der Waals surface area contributed by atoms with Crippen molar-refractivity contribution in [2.24, 2.45) is 5.92 Å². The molecule has 3 atom stereocenters. The van der Waals surface area contributed by atoms with Gasteiger partial charge in [0.2, 0.25) is 5.91 Å². The van der Waals surface area contributed by atoms with Crippen LogP contribution < -0.4 is 11.1 Å². The van der Waals surface area contributed by atoms with Gasteiger partial charge in [0.05, 0.1) is 16.8 Å². The van der Waals surface area contributed by atoms with Crippen molar-refractivity contribution in [1.82, 2.24) is 5.32 Å². The Labute approximate surface area is 144 Å². The molecule has 118 valence electrons. The van der Waals surface area contributed by atoms with E-state index in [1.807, 2.05) is 36.4 Å². The Morgan fingerprint density at radius 1 is 1.09 bits per heavy atom. The number of benzene rings is 2. The van der Waals surface area contributed by atoms with Crippen molar-refractivity contribution in [3.8, 4) is 0 Å². The lowest BCUT2D eigenvalue weighted by Crippen LogP contribution is -2.37. The Hall–Kier alpha value is -1.71. The lowest BCUT2D eigenvalue weighted by atomic mass is 9.80. The van der Waals surface area contributed by atoms with Crippen LogP contribution in [-0.2, 0) is 4.79 Å². The predicted molar refractivity (Wildman–Crippen MR) is 92.8 cm³/mol. The summed E-state index contributed by atoms with van der Waals surface area (Å²) in [6, 6.07) is 11.8. The molecule has 23 heavy (non-hydrogen) atoms. The molecule has 3 N–H and O–H groups in total. The van der Waals surface area contributed by atoms with Crippen molar-refractivity contribution in [2.75, 3.05) is 5.73 Å². The van der Waals surface area contributed by atoms with E-state index in [9.17, 15) is 4.79 Å². The molecule has 2 aromatic rings. The van der Waals surface area contributed by atoms with Crippen molar-refractivity contribution in [2.45, 2.75) is 24.8 Å². The number of halogens is 2. The number of nitrogen functional groups attached to an aromatic ring is 1. The molecular formula is C18H16Cl2N2O. The minimum atomic E-state index is 0.0462. The number of nitrogens with one attached hydrogen (secondary N) is 1. The first kappa shape index (κ1) is 14.9. The van der Waals surface area contributed by atoms with E-state index < -0.39 is 0 Å². The lowest BCUT2D eigenvalue weighted by Gasteiger charge is -2.30. The molecule has 2 aliphatic rings. The molecule has 1 heterocycles. The van der Waals surface area contributed by atoms with Crippen molar-refractivity contribution >= 4 is 34.8 Å². The maximum absolute atomic E-state index is 11.8. The summed E-state index contributed by atoms with van der Waals surface area (Å²) < 4.78 is 0. The summed E-state index contributed by atoms with van der Waals surface area (Å²) in [4.78, 5) is 11.8. The van der Waals surface area contributed by atoms with Crippen molar-refractivity contribution in [1.29, 1.82) is 0 Å². The van der Waals surface area contributed by atoms with E-state index in [1.54, 1.807) is 0 Å². The van der Waals surface area contributed by atoms with Gasteiger partial charge in [-0.05, 0) is 53.3 Å². The fourth-order valence-corrected chi connectivity index (χ4v) is 4.35. The smallest absolute Gasteiger partial charge is 0.220 e. The van der Waals surface area contributed by atoms with E-state index in [0.29, 0.717) is 28.1 Å². The largest absolute Gasteiger partial charge is 0.398 e. The quantitative estimate of drug-likeness (QED) is 0.756. The molecule has 4 rings (SSSR count). The molecule has 1 aliphatic heterocycles. The van der Waals surface area contributed by atoms with Crippen molar-refractivity contribution in [3.05, 3.63) is 63.1 Å². The third kappa shape index (κ3) is 2.39. The van der Waals surface area contributed by atoms with Gasteiger partial charge in [-0.1, -0.05) is 35.3 Å². The first-order valence-electron chi connectivity index (χ1n) is 7.68. The minimum Gasteiger partial charge on any atom is -0.398 e. The van der Waals surface area contributed by atoms with Crippen LogP contribution >= 0.6 is 23.2 Å². The van der Waals surface area contributed by atoms with Crippen LogP contribution in [0.3, 0.4) is 0 Å². The van der Waals surface area contributed by atoms with Gasteiger partial charge in [-0.25, -0.2) is 0 Å². The van der Waals surface area contributed by atoms with Gasteiger partial charge < -0.3 is 11.1 Å². The summed E-state index contributed by atoms with van der Waals surface area (Å²) >= 11 is 12.5. The van der Waals surface area contributed by atoms with Crippen LogP contribution in [0.2, 0.25) is 10.0 Å². The third-order valence-electron chi connectivity index (χ3n) is 4.98. The second-order valence-corrected chi connectivity index (χ2v) is 7.12. The van der Waals surface area contributed by atoms with Crippen molar-refractivity contribution in [3.63, 3.8) is 0 Å². The Bertz CT molecular complexity index is 806. The summed E-state index contributed by atoms with van der Waals surface area (Å²) in [5, 5.41) is 4.41.